The van der Waals surface area contributed by atoms with Crippen molar-refractivity contribution < 1.29 is 4.79 Å². The molecular formula is C19H18N2OS. The second-order valence-electron chi connectivity index (χ2n) is 5.66. The van der Waals surface area contributed by atoms with Crippen LogP contribution in [0.25, 0.3) is 0 Å². The maximum absolute atomic E-state index is 12.4. The third-order valence-corrected chi connectivity index (χ3v) is 5.42. The highest BCUT2D eigenvalue weighted by Gasteiger charge is 2.18. The molecule has 1 aliphatic carbocycles. The van der Waals surface area contributed by atoms with Gasteiger partial charge in [-0.2, -0.15) is 5.26 Å². The molecule has 0 spiro atoms. The summed E-state index contributed by atoms with van der Waals surface area (Å²) in [4.78, 5) is 13.5. The van der Waals surface area contributed by atoms with Gasteiger partial charge in [0.25, 0.3) is 5.91 Å². The van der Waals surface area contributed by atoms with E-state index in [9.17, 15) is 4.79 Å². The molecule has 0 unspecified atom stereocenters. The molecule has 23 heavy (non-hydrogen) atoms. The molecular weight excluding hydrogens is 304 g/mol. The summed E-state index contributed by atoms with van der Waals surface area (Å²) in [6, 6.07) is 16.7. The monoisotopic (exact) mass is 322 g/mol. The molecule has 1 N–H and O–H groups in total. The van der Waals surface area contributed by atoms with Crippen molar-refractivity contribution in [2.24, 2.45) is 0 Å². The average Bonchev–Trinajstić information content (AvgIpc) is 3.10. The van der Waals surface area contributed by atoms with Gasteiger partial charge >= 0.3 is 0 Å². The summed E-state index contributed by atoms with van der Waals surface area (Å²) in [5.41, 5.74) is 1.97. The highest BCUT2D eigenvalue weighted by Crippen LogP contribution is 2.38. The third kappa shape index (κ3) is 3.94. The van der Waals surface area contributed by atoms with Gasteiger partial charge in [-0.05, 0) is 49.2 Å². The molecule has 0 saturated heterocycles. The number of carbonyl (C=O) groups is 1. The number of nitriles is 1. The lowest BCUT2D eigenvalue weighted by molar-refractivity contribution is 0.102. The van der Waals surface area contributed by atoms with Gasteiger partial charge in [-0.1, -0.05) is 25.0 Å². The molecule has 3 rings (SSSR count). The fraction of sp³-hybridized carbons (Fsp3) is 0.263. The molecule has 3 nitrogen and oxygen atoms in total. The quantitative estimate of drug-likeness (QED) is 0.876. The Morgan fingerprint density at radius 2 is 1.78 bits per heavy atom. The second-order valence-corrected chi connectivity index (χ2v) is 7.01. The van der Waals surface area contributed by atoms with Crippen LogP contribution >= 0.6 is 11.8 Å². The maximum atomic E-state index is 12.4. The first-order valence-corrected chi connectivity index (χ1v) is 8.71. The van der Waals surface area contributed by atoms with Crippen LogP contribution in [0.15, 0.2) is 53.4 Å². The first kappa shape index (κ1) is 15.6. The molecule has 1 amide bonds. The van der Waals surface area contributed by atoms with Gasteiger partial charge in [0.2, 0.25) is 0 Å². The second kappa shape index (κ2) is 7.34. The van der Waals surface area contributed by atoms with Gasteiger partial charge in [0.1, 0.15) is 0 Å². The molecule has 0 aliphatic heterocycles. The lowest BCUT2D eigenvalue weighted by Crippen LogP contribution is -2.12. The number of para-hydroxylation sites is 1. The van der Waals surface area contributed by atoms with Crippen LogP contribution in [0.5, 0.6) is 0 Å². The zero-order valence-electron chi connectivity index (χ0n) is 12.8. The normalized spacial score (nSPS) is 14.4. The van der Waals surface area contributed by atoms with Crippen molar-refractivity contribution in [3.8, 4) is 6.07 Å². The van der Waals surface area contributed by atoms with Gasteiger partial charge in [0.15, 0.2) is 0 Å². The number of hydrogen-bond donors (Lipinski definition) is 1. The van der Waals surface area contributed by atoms with Crippen molar-refractivity contribution in [2.45, 2.75) is 35.8 Å². The van der Waals surface area contributed by atoms with Crippen molar-refractivity contribution in [3.05, 3.63) is 59.7 Å². The lowest BCUT2D eigenvalue weighted by atomic mass is 10.1. The van der Waals surface area contributed by atoms with Crippen molar-refractivity contribution in [1.82, 2.24) is 0 Å². The Kier molecular flexibility index (Phi) is 4.99. The zero-order valence-corrected chi connectivity index (χ0v) is 13.6. The molecule has 2 aromatic rings. The molecule has 1 fully saturated rings. The molecule has 1 aliphatic rings. The van der Waals surface area contributed by atoms with E-state index in [1.165, 1.54) is 25.7 Å². The summed E-state index contributed by atoms with van der Waals surface area (Å²) in [7, 11) is 0. The number of amides is 1. The number of anilines is 1. The highest BCUT2D eigenvalue weighted by molar-refractivity contribution is 8.00. The summed E-state index contributed by atoms with van der Waals surface area (Å²) in [5.74, 6) is -0.144. The minimum atomic E-state index is -0.144. The van der Waals surface area contributed by atoms with E-state index in [1.54, 1.807) is 24.3 Å². The molecule has 1 saturated carbocycles. The van der Waals surface area contributed by atoms with Crippen LogP contribution in [0.1, 0.15) is 41.6 Å². The molecule has 0 radical (unpaired) electrons. The first-order chi connectivity index (χ1) is 11.3. The topological polar surface area (TPSA) is 52.9 Å². The van der Waals surface area contributed by atoms with E-state index in [0.29, 0.717) is 16.4 Å². The van der Waals surface area contributed by atoms with Crippen LogP contribution in [0.2, 0.25) is 0 Å². The van der Waals surface area contributed by atoms with E-state index in [0.717, 1.165) is 10.6 Å². The van der Waals surface area contributed by atoms with Crippen molar-refractivity contribution in [3.63, 3.8) is 0 Å². The van der Waals surface area contributed by atoms with Gasteiger partial charge in [-0.15, -0.1) is 11.8 Å². The third-order valence-electron chi connectivity index (χ3n) is 4.01. The summed E-state index contributed by atoms with van der Waals surface area (Å²) in [5, 5.41) is 12.5. The van der Waals surface area contributed by atoms with Gasteiger partial charge < -0.3 is 5.32 Å². The van der Waals surface area contributed by atoms with Gasteiger partial charge in [-0.3, -0.25) is 4.79 Å². The minimum Gasteiger partial charge on any atom is -0.321 e. The number of hydrogen-bond acceptors (Lipinski definition) is 3. The summed E-state index contributed by atoms with van der Waals surface area (Å²) >= 11 is 1.86. The molecule has 116 valence electrons. The Bertz CT molecular complexity index is 728. The van der Waals surface area contributed by atoms with Crippen LogP contribution in [-0.4, -0.2) is 11.2 Å². The molecule has 0 aromatic heterocycles. The van der Waals surface area contributed by atoms with E-state index < -0.39 is 0 Å². The summed E-state index contributed by atoms with van der Waals surface area (Å²) in [6.45, 7) is 0. The number of benzene rings is 2. The van der Waals surface area contributed by atoms with Crippen LogP contribution < -0.4 is 5.32 Å². The Hall–Kier alpha value is -2.25. The maximum Gasteiger partial charge on any atom is 0.255 e. The van der Waals surface area contributed by atoms with Crippen molar-refractivity contribution >= 4 is 23.4 Å². The fourth-order valence-corrected chi connectivity index (χ4v) is 4.08. The molecule has 0 atom stereocenters. The first-order valence-electron chi connectivity index (χ1n) is 7.83. The molecule has 0 heterocycles. The Morgan fingerprint density at radius 1 is 1.09 bits per heavy atom. The van der Waals surface area contributed by atoms with Gasteiger partial charge in [-0.25, -0.2) is 0 Å². The van der Waals surface area contributed by atoms with Crippen LogP contribution in [0, 0.1) is 11.3 Å². The lowest BCUT2D eigenvalue weighted by Gasteiger charge is -2.14. The molecule has 2 aromatic carbocycles. The van der Waals surface area contributed by atoms with E-state index in [1.807, 2.05) is 30.0 Å². The van der Waals surface area contributed by atoms with E-state index in [-0.39, 0.29) is 5.91 Å². The SMILES string of the molecule is N#Cc1ccc(C(=O)Nc2ccccc2SC2CCCC2)cc1. The number of thioether (sulfide) groups is 1. The van der Waals surface area contributed by atoms with E-state index in [2.05, 4.69) is 17.5 Å². The zero-order chi connectivity index (χ0) is 16.1. The van der Waals surface area contributed by atoms with Crippen molar-refractivity contribution in [1.29, 1.82) is 5.26 Å². The van der Waals surface area contributed by atoms with Crippen LogP contribution in [0.3, 0.4) is 0 Å². The average molecular weight is 322 g/mol. The van der Waals surface area contributed by atoms with Crippen molar-refractivity contribution in [2.75, 3.05) is 5.32 Å². The minimum absolute atomic E-state index is 0.144. The predicted octanol–water partition coefficient (Wildman–Crippen LogP) is 4.85. The van der Waals surface area contributed by atoms with Gasteiger partial charge in [0, 0.05) is 15.7 Å². The predicted molar refractivity (Wildman–Crippen MR) is 93.7 cm³/mol. The van der Waals surface area contributed by atoms with E-state index >= 15 is 0 Å². The molecule has 4 heteroatoms. The summed E-state index contributed by atoms with van der Waals surface area (Å²) in [6.07, 6.45) is 5.11. The van der Waals surface area contributed by atoms with Gasteiger partial charge in [0.05, 0.1) is 17.3 Å². The Morgan fingerprint density at radius 3 is 2.48 bits per heavy atom. The molecule has 0 bridgehead atoms. The largest absolute Gasteiger partial charge is 0.321 e. The Labute approximate surface area is 140 Å². The number of nitrogens with zero attached hydrogens (tertiary/aromatic N) is 1. The summed E-state index contributed by atoms with van der Waals surface area (Å²) < 4.78 is 0. The smallest absolute Gasteiger partial charge is 0.255 e. The number of rotatable bonds is 4. The number of nitrogens with one attached hydrogen (secondary N) is 1. The number of carbonyl (C=O) groups excluding carboxylic acids is 1. The van der Waals surface area contributed by atoms with Crippen LogP contribution in [0.4, 0.5) is 5.69 Å². The Balaban J connectivity index is 1.73. The van der Waals surface area contributed by atoms with Crippen LogP contribution in [-0.2, 0) is 0 Å². The van der Waals surface area contributed by atoms with E-state index in [4.69, 9.17) is 5.26 Å². The fourth-order valence-electron chi connectivity index (χ4n) is 2.75. The standard InChI is InChI=1S/C19H18N2OS/c20-13-14-9-11-15(12-10-14)19(22)21-17-7-3-4-8-18(17)23-16-5-1-2-6-16/h3-4,7-12,16H,1-2,5-6H2,(H,21,22). The highest BCUT2D eigenvalue weighted by atomic mass is 32.2.